The number of aryl methyl sites for hydroxylation is 1. The summed E-state index contributed by atoms with van der Waals surface area (Å²) < 4.78 is 5.06. The predicted molar refractivity (Wildman–Crippen MR) is 84.8 cm³/mol. The van der Waals surface area contributed by atoms with Gasteiger partial charge in [0.2, 0.25) is 0 Å². The maximum absolute atomic E-state index is 5.06. The average Bonchev–Trinajstić information content (AvgIpc) is 2.87. The summed E-state index contributed by atoms with van der Waals surface area (Å²) in [6.45, 7) is 9.16. The van der Waals surface area contributed by atoms with Gasteiger partial charge in [-0.05, 0) is 13.5 Å². The maximum atomic E-state index is 5.06. The lowest BCUT2D eigenvalue weighted by Crippen LogP contribution is -2.44. The number of nitrogens with one attached hydrogen (secondary N) is 1. The maximum Gasteiger partial charge on any atom is 0.185 e. The van der Waals surface area contributed by atoms with Crippen molar-refractivity contribution in [1.29, 1.82) is 0 Å². The molecule has 20 heavy (non-hydrogen) atoms. The third kappa shape index (κ3) is 4.15. The fraction of sp³-hybridized carbons (Fsp3) is 0.786. The molecule has 0 saturated carbocycles. The molecule has 1 aromatic heterocycles. The summed E-state index contributed by atoms with van der Waals surface area (Å²) in [7, 11) is 3.92. The van der Waals surface area contributed by atoms with Crippen LogP contribution in [0.5, 0.6) is 0 Å². The van der Waals surface area contributed by atoms with Crippen LogP contribution in [0.25, 0.3) is 0 Å². The van der Waals surface area contributed by atoms with Gasteiger partial charge in [0, 0.05) is 51.3 Å². The molecule has 1 aromatic rings. The van der Waals surface area contributed by atoms with Gasteiger partial charge >= 0.3 is 0 Å². The van der Waals surface area contributed by atoms with Crippen LogP contribution in [0.3, 0.4) is 0 Å². The van der Waals surface area contributed by atoms with Crippen LogP contribution in [0, 0.1) is 0 Å². The van der Waals surface area contributed by atoms with Crippen molar-refractivity contribution in [3.8, 4) is 0 Å². The summed E-state index contributed by atoms with van der Waals surface area (Å²) in [6, 6.07) is 0. The van der Waals surface area contributed by atoms with Gasteiger partial charge in [-0.3, -0.25) is 0 Å². The van der Waals surface area contributed by atoms with Gasteiger partial charge in [-0.2, -0.15) is 0 Å². The Morgan fingerprint density at radius 2 is 2.05 bits per heavy atom. The quantitative estimate of drug-likeness (QED) is 0.766. The smallest absolute Gasteiger partial charge is 0.185 e. The number of hydrogen-bond donors (Lipinski definition) is 1. The van der Waals surface area contributed by atoms with E-state index >= 15 is 0 Å². The van der Waals surface area contributed by atoms with Crippen LogP contribution in [0.1, 0.15) is 17.5 Å². The van der Waals surface area contributed by atoms with Crippen molar-refractivity contribution in [3.05, 3.63) is 10.6 Å². The van der Waals surface area contributed by atoms with Crippen molar-refractivity contribution >= 4 is 16.5 Å². The van der Waals surface area contributed by atoms with Crippen molar-refractivity contribution in [3.63, 3.8) is 0 Å². The highest BCUT2D eigenvalue weighted by molar-refractivity contribution is 7.15. The molecule has 0 aliphatic carbocycles. The molecule has 0 amide bonds. The minimum atomic E-state index is 0.756. The van der Waals surface area contributed by atoms with E-state index in [9.17, 15) is 0 Å². The second-order valence-corrected chi connectivity index (χ2v) is 6.24. The van der Waals surface area contributed by atoms with E-state index < -0.39 is 0 Å². The molecule has 114 valence electrons. The number of anilines is 1. The monoisotopic (exact) mass is 298 g/mol. The summed E-state index contributed by atoms with van der Waals surface area (Å²) in [6.07, 6.45) is 1.01. The molecule has 2 heterocycles. The normalized spacial score (nSPS) is 16.9. The van der Waals surface area contributed by atoms with Gasteiger partial charge in [0.05, 0.1) is 12.3 Å². The topological polar surface area (TPSA) is 40.6 Å². The Hall–Kier alpha value is -0.690. The number of hydrogen-bond acceptors (Lipinski definition) is 6. The molecule has 0 atom stereocenters. The Balaban J connectivity index is 1.95. The van der Waals surface area contributed by atoms with E-state index in [1.807, 2.05) is 11.3 Å². The molecule has 2 rings (SSSR count). The summed E-state index contributed by atoms with van der Waals surface area (Å²) in [5.41, 5.74) is 1.24. The first-order valence-electron chi connectivity index (χ1n) is 7.36. The predicted octanol–water partition coefficient (Wildman–Crippen LogP) is 1.19. The lowest BCUT2D eigenvalue weighted by atomic mass is 10.3. The summed E-state index contributed by atoms with van der Waals surface area (Å²) in [4.78, 5) is 11.0. The number of piperazine rings is 1. The van der Waals surface area contributed by atoms with E-state index in [1.165, 1.54) is 15.7 Å². The van der Waals surface area contributed by atoms with Crippen LogP contribution in [0.15, 0.2) is 0 Å². The molecule has 1 aliphatic rings. The lowest BCUT2D eigenvalue weighted by Gasteiger charge is -2.32. The van der Waals surface area contributed by atoms with E-state index in [-0.39, 0.29) is 0 Å². The first-order chi connectivity index (χ1) is 9.74. The molecule has 0 unspecified atom stereocenters. The molecular formula is C14H26N4OS. The summed E-state index contributed by atoms with van der Waals surface area (Å²) in [5.74, 6) is 0. The summed E-state index contributed by atoms with van der Waals surface area (Å²) in [5, 5.41) is 4.61. The number of nitrogens with zero attached hydrogens (tertiary/aromatic N) is 3. The third-order valence-corrected chi connectivity index (χ3v) is 4.80. The Morgan fingerprint density at radius 1 is 1.30 bits per heavy atom. The zero-order valence-electron chi connectivity index (χ0n) is 12.8. The molecule has 1 N–H and O–H groups in total. The van der Waals surface area contributed by atoms with Gasteiger partial charge in [0.15, 0.2) is 5.13 Å². The van der Waals surface area contributed by atoms with Crippen LogP contribution in [-0.2, 0) is 17.7 Å². The van der Waals surface area contributed by atoms with E-state index in [0.29, 0.717) is 0 Å². The van der Waals surface area contributed by atoms with Crippen LogP contribution >= 0.6 is 11.3 Å². The Labute approximate surface area is 125 Å². The van der Waals surface area contributed by atoms with Crippen LogP contribution in [-0.4, -0.2) is 63.4 Å². The van der Waals surface area contributed by atoms with Crippen molar-refractivity contribution in [1.82, 2.24) is 15.2 Å². The number of rotatable bonds is 7. The van der Waals surface area contributed by atoms with Gasteiger partial charge in [0.25, 0.3) is 0 Å². The van der Waals surface area contributed by atoms with Gasteiger partial charge in [-0.1, -0.05) is 6.92 Å². The SMILES string of the molecule is CCc1nc(N2CCN(C)CC2)sc1CNCCOC. The van der Waals surface area contributed by atoms with E-state index in [2.05, 4.69) is 29.1 Å². The van der Waals surface area contributed by atoms with Crippen LogP contribution in [0.2, 0.25) is 0 Å². The molecule has 5 nitrogen and oxygen atoms in total. The Bertz CT molecular complexity index is 402. The molecule has 1 aliphatic heterocycles. The fourth-order valence-electron chi connectivity index (χ4n) is 2.29. The highest BCUT2D eigenvalue weighted by Crippen LogP contribution is 2.27. The molecule has 0 aromatic carbocycles. The first kappa shape index (κ1) is 15.7. The van der Waals surface area contributed by atoms with Crippen molar-refractivity contribution in [2.75, 3.05) is 58.4 Å². The third-order valence-electron chi connectivity index (χ3n) is 3.64. The number of aromatic nitrogens is 1. The molecular weight excluding hydrogens is 272 g/mol. The average molecular weight is 298 g/mol. The van der Waals surface area contributed by atoms with Gasteiger partial charge in [0.1, 0.15) is 0 Å². The molecule has 1 saturated heterocycles. The molecule has 0 bridgehead atoms. The molecule has 0 spiro atoms. The fourth-order valence-corrected chi connectivity index (χ4v) is 3.46. The Kier molecular flexibility index (Phi) is 6.22. The standard InChI is InChI=1S/C14H26N4OS/c1-4-12-13(11-15-5-10-19-3)20-14(16-12)18-8-6-17(2)7-9-18/h15H,4-11H2,1-3H3. The largest absolute Gasteiger partial charge is 0.383 e. The highest BCUT2D eigenvalue weighted by atomic mass is 32.1. The van der Waals surface area contributed by atoms with E-state index in [0.717, 1.165) is 52.3 Å². The lowest BCUT2D eigenvalue weighted by molar-refractivity contribution is 0.199. The summed E-state index contributed by atoms with van der Waals surface area (Å²) >= 11 is 1.84. The van der Waals surface area contributed by atoms with Gasteiger partial charge in [-0.25, -0.2) is 4.98 Å². The second kappa shape index (κ2) is 7.93. The number of ether oxygens (including phenoxy) is 1. The molecule has 1 fully saturated rings. The zero-order valence-corrected chi connectivity index (χ0v) is 13.6. The number of thiazole rings is 1. The first-order valence-corrected chi connectivity index (χ1v) is 8.18. The van der Waals surface area contributed by atoms with Crippen molar-refractivity contribution in [2.24, 2.45) is 0 Å². The van der Waals surface area contributed by atoms with E-state index in [1.54, 1.807) is 7.11 Å². The van der Waals surface area contributed by atoms with Gasteiger partial charge < -0.3 is 19.9 Å². The number of likely N-dealkylation sites (N-methyl/N-ethyl adjacent to an activating group) is 1. The van der Waals surface area contributed by atoms with Crippen LogP contribution in [0.4, 0.5) is 5.13 Å². The van der Waals surface area contributed by atoms with Crippen molar-refractivity contribution in [2.45, 2.75) is 19.9 Å². The van der Waals surface area contributed by atoms with Gasteiger partial charge in [-0.15, -0.1) is 11.3 Å². The number of methoxy groups -OCH3 is 1. The van der Waals surface area contributed by atoms with Crippen molar-refractivity contribution < 1.29 is 4.74 Å². The van der Waals surface area contributed by atoms with E-state index in [4.69, 9.17) is 9.72 Å². The second-order valence-electron chi connectivity index (χ2n) is 5.18. The molecule has 0 radical (unpaired) electrons. The molecule has 6 heteroatoms. The Morgan fingerprint density at radius 3 is 2.70 bits per heavy atom. The minimum absolute atomic E-state index is 0.756. The zero-order chi connectivity index (χ0) is 14.4. The highest BCUT2D eigenvalue weighted by Gasteiger charge is 2.19. The minimum Gasteiger partial charge on any atom is -0.383 e. The van der Waals surface area contributed by atoms with Crippen LogP contribution < -0.4 is 10.2 Å².